The van der Waals surface area contributed by atoms with Gasteiger partial charge in [-0.15, -0.1) is 0 Å². The number of carbonyl (C=O) groups excluding carboxylic acids is 1. The van der Waals surface area contributed by atoms with Gasteiger partial charge in [0.25, 0.3) is 11.5 Å². The average Bonchev–Trinajstić information content (AvgIpc) is 2.87. The molecule has 178 valence electrons. The minimum absolute atomic E-state index is 0.178. The van der Waals surface area contributed by atoms with Crippen molar-refractivity contribution in [1.29, 1.82) is 0 Å². The molecule has 2 aromatic carbocycles. The lowest BCUT2D eigenvalue weighted by Crippen LogP contribution is -2.45. The summed E-state index contributed by atoms with van der Waals surface area (Å²) in [6, 6.07) is 20.0. The van der Waals surface area contributed by atoms with Crippen LogP contribution in [0.15, 0.2) is 71.5 Å². The largest absolute Gasteiger partial charge is 0.492 e. The zero-order valence-corrected chi connectivity index (χ0v) is 19.5. The number of likely N-dealkylation sites (N-methyl/N-ethyl adjacent to an activating group) is 1. The van der Waals surface area contributed by atoms with Crippen LogP contribution >= 0.6 is 0 Å². The molecule has 2 heterocycles. The first kappa shape index (κ1) is 23.7. The summed E-state index contributed by atoms with van der Waals surface area (Å²) in [5, 5.41) is 7.07. The van der Waals surface area contributed by atoms with Crippen LogP contribution in [0.25, 0.3) is 0 Å². The van der Waals surface area contributed by atoms with Crippen molar-refractivity contribution in [2.24, 2.45) is 0 Å². The Morgan fingerprint density at radius 1 is 0.941 bits per heavy atom. The van der Waals surface area contributed by atoms with Gasteiger partial charge in [-0.25, -0.2) is 4.68 Å². The third-order valence-electron chi connectivity index (χ3n) is 5.94. The second-order valence-corrected chi connectivity index (χ2v) is 8.30. The van der Waals surface area contributed by atoms with Crippen molar-refractivity contribution >= 4 is 11.6 Å². The number of piperazine rings is 1. The van der Waals surface area contributed by atoms with Gasteiger partial charge in [0.2, 0.25) is 0 Å². The van der Waals surface area contributed by atoms with Gasteiger partial charge in [-0.2, -0.15) is 5.10 Å². The summed E-state index contributed by atoms with van der Waals surface area (Å²) in [7, 11) is 0. The Bertz CT molecular complexity index is 1120. The van der Waals surface area contributed by atoms with Crippen molar-refractivity contribution in [3.63, 3.8) is 0 Å². The van der Waals surface area contributed by atoms with E-state index in [9.17, 15) is 9.59 Å². The number of ether oxygens (including phenoxy) is 1. The highest BCUT2D eigenvalue weighted by Crippen LogP contribution is 2.14. The Kier molecular flexibility index (Phi) is 8.06. The van der Waals surface area contributed by atoms with Crippen LogP contribution in [0.5, 0.6) is 5.75 Å². The van der Waals surface area contributed by atoms with E-state index in [0.717, 1.165) is 45.0 Å². The quantitative estimate of drug-likeness (QED) is 0.528. The molecule has 3 aromatic rings. The number of hydrogen-bond donors (Lipinski definition) is 1. The van der Waals surface area contributed by atoms with Crippen molar-refractivity contribution in [3.05, 3.63) is 88.3 Å². The molecule has 1 aromatic heterocycles. The standard InChI is InChI=1S/C26H31N5O3/c1-2-29-14-16-30(17-15-29)20-21-8-10-22(11-9-21)27-26(33)24-12-13-25(32)31(28-24)18-19-34-23-6-4-3-5-7-23/h3-13H,2,14-20H2,1H3,(H,27,33). The van der Waals surface area contributed by atoms with E-state index in [2.05, 4.69) is 27.1 Å². The fourth-order valence-electron chi connectivity index (χ4n) is 3.91. The van der Waals surface area contributed by atoms with Gasteiger partial charge in [-0.3, -0.25) is 14.5 Å². The average molecular weight is 462 g/mol. The van der Waals surface area contributed by atoms with E-state index in [1.54, 1.807) is 0 Å². The number of para-hydroxylation sites is 1. The lowest BCUT2D eigenvalue weighted by atomic mass is 10.1. The van der Waals surface area contributed by atoms with Crippen molar-refractivity contribution in [1.82, 2.24) is 19.6 Å². The van der Waals surface area contributed by atoms with Gasteiger partial charge >= 0.3 is 0 Å². The zero-order chi connectivity index (χ0) is 23.8. The second-order valence-electron chi connectivity index (χ2n) is 8.30. The maximum Gasteiger partial charge on any atom is 0.276 e. The van der Waals surface area contributed by atoms with Crippen LogP contribution < -0.4 is 15.6 Å². The van der Waals surface area contributed by atoms with E-state index < -0.39 is 0 Å². The number of anilines is 1. The van der Waals surface area contributed by atoms with Gasteiger partial charge in [0.05, 0.1) is 6.54 Å². The van der Waals surface area contributed by atoms with E-state index in [-0.39, 0.29) is 30.3 Å². The second kappa shape index (κ2) is 11.6. The minimum Gasteiger partial charge on any atom is -0.492 e. The van der Waals surface area contributed by atoms with Crippen LogP contribution in [0.1, 0.15) is 23.0 Å². The van der Waals surface area contributed by atoms with Gasteiger partial charge in [-0.05, 0) is 42.4 Å². The monoisotopic (exact) mass is 461 g/mol. The molecule has 0 saturated carbocycles. The first-order valence-electron chi connectivity index (χ1n) is 11.7. The van der Waals surface area contributed by atoms with Crippen molar-refractivity contribution in [3.8, 4) is 5.75 Å². The molecule has 0 unspecified atom stereocenters. The molecule has 4 rings (SSSR count). The Morgan fingerprint density at radius 3 is 2.35 bits per heavy atom. The van der Waals surface area contributed by atoms with E-state index in [4.69, 9.17) is 4.74 Å². The molecule has 0 spiro atoms. The van der Waals surface area contributed by atoms with Crippen LogP contribution in [0, 0.1) is 0 Å². The molecule has 1 N–H and O–H groups in total. The van der Waals surface area contributed by atoms with Crippen molar-refractivity contribution < 1.29 is 9.53 Å². The van der Waals surface area contributed by atoms with Crippen LogP contribution in [0.2, 0.25) is 0 Å². The normalized spacial score (nSPS) is 14.6. The first-order valence-corrected chi connectivity index (χ1v) is 11.7. The summed E-state index contributed by atoms with van der Waals surface area (Å²) in [6.07, 6.45) is 0. The summed E-state index contributed by atoms with van der Waals surface area (Å²) >= 11 is 0. The molecule has 0 aliphatic carbocycles. The topological polar surface area (TPSA) is 79.7 Å². The number of nitrogens with one attached hydrogen (secondary N) is 1. The maximum absolute atomic E-state index is 12.7. The van der Waals surface area contributed by atoms with E-state index in [1.165, 1.54) is 22.4 Å². The minimum atomic E-state index is -0.360. The summed E-state index contributed by atoms with van der Waals surface area (Å²) in [5.41, 5.74) is 1.80. The zero-order valence-electron chi connectivity index (χ0n) is 19.5. The molecule has 0 bridgehead atoms. The van der Waals surface area contributed by atoms with Gasteiger partial charge in [0, 0.05) is 44.5 Å². The number of nitrogens with zero attached hydrogens (tertiary/aromatic N) is 4. The highest BCUT2D eigenvalue weighted by atomic mass is 16.5. The number of aromatic nitrogens is 2. The molecule has 1 saturated heterocycles. The number of amides is 1. The number of benzene rings is 2. The molecule has 1 amide bonds. The SMILES string of the molecule is CCN1CCN(Cc2ccc(NC(=O)c3ccc(=O)n(CCOc4ccccc4)n3)cc2)CC1. The van der Waals surface area contributed by atoms with E-state index in [1.807, 2.05) is 54.6 Å². The number of carbonyl (C=O) groups is 1. The summed E-state index contributed by atoms with van der Waals surface area (Å²) < 4.78 is 6.88. The van der Waals surface area contributed by atoms with E-state index in [0.29, 0.717) is 5.69 Å². The fraction of sp³-hybridized carbons (Fsp3) is 0.346. The Morgan fingerprint density at radius 2 is 1.65 bits per heavy atom. The third-order valence-corrected chi connectivity index (χ3v) is 5.94. The Balaban J connectivity index is 1.30. The maximum atomic E-state index is 12.7. The van der Waals surface area contributed by atoms with Crippen LogP contribution in [-0.2, 0) is 13.1 Å². The van der Waals surface area contributed by atoms with Gasteiger partial charge in [0.1, 0.15) is 18.1 Å². The lowest BCUT2D eigenvalue weighted by Gasteiger charge is -2.34. The van der Waals surface area contributed by atoms with Crippen molar-refractivity contribution in [2.45, 2.75) is 20.0 Å². The number of hydrogen-bond acceptors (Lipinski definition) is 6. The highest BCUT2D eigenvalue weighted by molar-refractivity contribution is 6.02. The molecule has 1 fully saturated rings. The lowest BCUT2D eigenvalue weighted by molar-refractivity contribution is 0.101. The molecular formula is C26H31N5O3. The molecule has 0 atom stereocenters. The number of rotatable bonds is 9. The van der Waals surface area contributed by atoms with Crippen molar-refractivity contribution in [2.75, 3.05) is 44.6 Å². The van der Waals surface area contributed by atoms with Crippen LogP contribution in [0.3, 0.4) is 0 Å². The Labute approximate surface area is 199 Å². The van der Waals surface area contributed by atoms with Gasteiger partial charge in [0.15, 0.2) is 0 Å². The van der Waals surface area contributed by atoms with Gasteiger partial charge < -0.3 is 15.0 Å². The van der Waals surface area contributed by atoms with E-state index >= 15 is 0 Å². The Hall–Kier alpha value is -3.49. The molecule has 1 aliphatic heterocycles. The predicted octanol–water partition coefficient (Wildman–Crippen LogP) is 2.71. The van der Waals surface area contributed by atoms with Crippen LogP contribution in [0.4, 0.5) is 5.69 Å². The molecule has 1 aliphatic rings. The smallest absolute Gasteiger partial charge is 0.276 e. The summed E-state index contributed by atoms with van der Waals surface area (Å²) in [5.74, 6) is 0.359. The highest BCUT2D eigenvalue weighted by Gasteiger charge is 2.15. The summed E-state index contributed by atoms with van der Waals surface area (Å²) in [4.78, 5) is 29.8. The van der Waals surface area contributed by atoms with Crippen LogP contribution in [-0.4, -0.2) is 64.8 Å². The predicted molar refractivity (Wildman–Crippen MR) is 132 cm³/mol. The molecular weight excluding hydrogens is 430 g/mol. The molecule has 8 heteroatoms. The van der Waals surface area contributed by atoms with Gasteiger partial charge in [-0.1, -0.05) is 37.3 Å². The first-order chi connectivity index (χ1) is 16.6. The molecule has 8 nitrogen and oxygen atoms in total. The molecule has 0 radical (unpaired) electrons. The third kappa shape index (κ3) is 6.52. The molecule has 34 heavy (non-hydrogen) atoms. The summed E-state index contributed by atoms with van der Waals surface area (Å²) in [6.45, 7) is 9.10. The fourth-order valence-corrected chi connectivity index (χ4v) is 3.91.